The highest BCUT2D eigenvalue weighted by Crippen LogP contribution is 2.51. The van der Waals surface area contributed by atoms with Gasteiger partial charge in [-0.15, -0.1) is 0 Å². The number of phenols is 1. The van der Waals surface area contributed by atoms with E-state index in [1.165, 1.54) is 0 Å². The van der Waals surface area contributed by atoms with Crippen LogP contribution < -0.4 is 4.74 Å². The molecule has 2 N–H and O–H groups in total. The Morgan fingerprint density at radius 3 is 2.22 bits per heavy atom. The van der Waals surface area contributed by atoms with Crippen LogP contribution in [0.15, 0.2) is 120 Å². The van der Waals surface area contributed by atoms with Crippen LogP contribution in [0.1, 0.15) is 51.1 Å². The van der Waals surface area contributed by atoms with Crippen molar-refractivity contribution in [3.05, 3.63) is 143 Å². The topological polar surface area (TPSA) is 93.1 Å². The number of hydrogen-bond acceptors (Lipinski definition) is 6. The van der Waals surface area contributed by atoms with Gasteiger partial charge in [0.05, 0.1) is 6.10 Å². The number of rotatable bonds is 8. The summed E-state index contributed by atoms with van der Waals surface area (Å²) >= 11 is 0. The second kappa shape index (κ2) is 13.0. The molecule has 230 valence electrons. The molecule has 1 saturated heterocycles. The summed E-state index contributed by atoms with van der Waals surface area (Å²) in [6.07, 6.45) is 3.26. The Bertz CT molecular complexity index is 1810. The molecular formula is C39H35BO6. The first kappa shape index (κ1) is 30.0. The summed E-state index contributed by atoms with van der Waals surface area (Å²) in [4.78, 5) is 28.0. The van der Waals surface area contributed by atoms with Gasteiger partial charge in [-0.3, -0.25) is 9.59 Å². The SMILES string of the molecule is O=C1c2ccccc2C(=O)[C@@H]2CC(COc3ccccc3)=C3[C@@H](CC/C(=C/c4ccccc4O)c4ccccc4)OB(O)C[C@@H]3[C@H]12. The van der Waals surface area contributed by atoms with Gasteiger partial charge in [-0.05, 0) is 78.1 Å². The minimum atomic E-state index is -1.07. The van der Waals surface area contributed by atoms with Gasteiger partial charge >= 0.3 is 7.12 Å². The molecule has 2 aliphatic carbocycles. The Kier molecular flexibility index (Phi) is 8.44. The van der Waals surface area contributed by atoms with E-state index in [0.717, 1.165) is 28.0 Å². The Labute approximate surface area is 269 Å². The monoisotopic (exact) mass is 610 g/mol. The lowest BCUT2D eigenvalue weighted by Crippen LogP contribution is -2.51. The molecule has 1 aliphatic heterocycles. The van der Waals surface area contributed by atoms with Crippen molar-refractivity contribution >= 4 is 30.3 Å². The van der Waals surface area contributed by atoms with Crippen LogP contribution in [0.2, 0.25) is 6.32 Å². The summed E-state index contributed by atoms with van der Waals surface area (Å²) < 4.78 is 12.5. The highest BCUT2D eigenvalue weighted by molar-refractivity contribution is 6.43. The molecule has 7 heteroatoms. The van der Waals surface area contributed by atoms with E-state index in [1.807, 2.05) is 78.9 Å². The van der Waals surface area contributed by atoms with Gasteiger partial charge in [0.2, 0.25) is 0 Å². The fourth-order valence-electron chi connectivity index (χ4n) is 7.52. The molecule has 3 aliphatic rings. The molecule has 0 unspecified atom stereocenters. The first-order valence-corrected chi connectivity index (χ1v) is 15.9. The zero-order valence-electron chi connectivity index (χ0n) is 25.4. The fourth-order valence-corrected chi connectivity index (χ4v) is 7.52. The third-order valence-corrected chi connectivity index (χ3v) is 9.61. The van der Waals surface area contributed by atoms with E-state index in [-0.39, 0.29) is 36.2 Å². The maximum absolute atomic E-state index is 14.1. The van der Waals surface area contributed by atoms with Gasteiger partial charge in [0.1, 0.15) is 18.1 Å². The number of aromatic hydroxyl groups is 1. The Morgan fingerprint density at radius 2 is 1.48 bits per heavy atom. The number of allylic oxidation sites excluding steroid dienone is 1. The van der Waals surface area contributed by atoms with E-state index >= 15 is 0 Å². The molecule has 0 saturated carbocycles. The van der Waals surface area contributed by atoms with E-state index in [1.54, 1.807) is 36.4 Å². The van der Waals surface area contributed by atoms with Crippen molar-refractivity contribution < 1.29 is 29.1 Å². The number of fused-ring (bicyclic) bond motifs is 4. The van der Waals surface area contributed by atoms with Crippen LogP contribution in [0.5, 0.6) is 11.5 Å². The van der Waals surface area contributed by atoms with Crippen LogP contribution in [-0.4, -0.2) is 41.5 Å². The maximum Gasteiger partial charge on any atom is 0.455 e. The van der Waals surface area contributed by atoms with Gasteiger partial charge < -0.3 is 19.5 Å². The van der Waals surface area contributed by atoms with Gasteiger partial charge in [0.15, 0.2) is 11.6 Å². The van der Waals surface area contributed by atoms with Gasteiger partial charge in [-0.25, -0.2) is 0 Å². The number of phenolic OH excluding ortho intramolecular Hbond substituents is 1. The van der Waals surface area contributed by atoms with Crippen LogP contribution in [0, 0.1) is 17.8 Å². The van der Waals surface area contributed by atoms with Crippen molar-refractivity contribution in [1.29, 1.82) is 0 Å². The molecular weight excluding hydrogens is 575 g/mol. The first-order chi connectivity index (χ1) is 22.5. The van der Waals surface area contributed by atoms with Crippen molar-refractivity contribution in [1.82, 2.24) is 0 Å². The van der Waals surface area contributed by atoms with Crippen molar-refractivity contribution in [2.24, 2.45) is 17.8 Å². The Hall–Kier alpha value is -4.72. The summed E-state index contributed by atoms with van der Waals surface area (Å²) in [5.74, 6) is -0.581. The maximum atomic E-state index is 14.1. The van der Waals surface area contributed by atoms with Crippen molar-refractivity contribution in [3.8, 4) is 11.5 Å². The second-order valence-electron chi connectivity index (χ2n) is 12.3. The van der Waals surface area contributed by atoms with Gasteiger partial charge in [-0.1, -0.05) is 91.0 Å². The highest BCUT2D eigenvalue weighted by atomic mass is 16.5. The molecule has 0 amide bonds. The Balaban J connectivity index is 1.27. The number of para-hydroxylation sites is 2. The molecule has 1 fully saturated rings. The minimum Gasteiger partial charge on any atom is -0.507 e. The van der Waals surface area contributed by atoms with E-state index in [2.05, 4.69) is 0 Å². The molecule has 46 heavy (non-hydrogen) atoms. The molecule has 0 bridgehead atoms. The van der Waals surface area contributed by atoms with Crippen LogP contribution in [0.25, 0.3) is 11.6 Å². The minimum absolute atomic E-state index is 0.0223. The average molecular weight is 611 g/mol. The smallest absolute Gasteiger partial charge is 0.455 e. The van der Waals surface area contributed by atoms with Gasteiger partial charge in [-0.2, -0.15) is 0 Å². The summed E-state index contributed by atoms with van der Waals surface area (Å²) in [6, 6.07) is 33.9. The summed E-state index contributed by atoms with van der Waals surface area (Å²) in [7, 11) is -1.07. The summed E-state index contributed by atoms with van der Waals surface area (Å²) in [6.45, 7) is 0.261. The molecule has 4 atom stereocenters. The summed E-state index contributed by atoms with van der Waals surface area (Å²) in [5, 5.41) is 21.6. The number of Topliss-reactive ketones (excluding diaryl/α,β-unsaturated/α-hetero) is 2. The average Bonchev–Trinajstić information content (AvgIpc) is 3.09. The predicted octanol–water partition coefficient (Wildman–Crippen LogP) is 7.30. The Morgan fingerprint density at radius 1 is 0.826 bits per heavy atom. The van der Waals surface area contributed by atoms with Crippen LogP contribution in [0.3, 0.4) is 0 Å². The number of ether oxygens (including phenoxy) is 1. The van der Waals surface area contributed by atoms with E-state index in [4.69, 9.17) is 9.39 Å². The lowest BCUT2D eigenvalue weighted by atomic mass is 9.54. The number of hydrogen-bond donors (Lipinski definition) is 2. The van der Waals surface area contributed by atoms with E-state index in [0.29, 0.717) is 36.0 Å². The molecule has 4 aromatic carbocycles. The molecule has 0 spiro atoms. The van der Waals surface area contributed by atoms with E-state index < -0.39 is 25.1 Å². The summed E-state index contributed by atoms with van der Waals surface area (Å²) in [5.41, 5.74) is 5.62. The van der Waals surface area contributed by atoms with Crippen molar-refractivity contribution in [2.45, 2.75) is 31.7 Å². The number of carbonyl (C=O) groups excluding carboxylic acids is 2. The third-order valence-electron chi connectivity index (χ3n) is 9.61. The zero-order chi connectivity index (χ0) is 31.6. The van der Waals surface area contributed by atoms with Crippen LogP contribution in [-0.2, 0) is 4.65 Å². The zero-order valence-corrected chi connectivity index (χ0v) is 25.4. The predicted molar refractivity (Wildman–Crippen MR) is 178 cm³/mol. The van der Waals surface area contributed by atoms with Gasteiger partial charge in [0.25, 0.3) is 0 Å². The molecule has 7 rings (SSSR count). The number of ketones is 2. The highest BCUT2D eigenvalue weighted by Gasteiger charge is 2.53. The van der Waals surface area contributed by atoms with Crippen molar-refractivity contribution in [3.63, 3.8) is 0 Å². The fraction of sp³-hybridized carbons (Fsp3) is 0.231. The number of carbonyl (C=O) groups is 2. The molecule has 1 heterocycles. The number of benzene rings is 4. The lowest BCUT2D eigenvalue weighted by Gasteiger charge is -2.47. The molecule has 6 nitrogen and oxygen atoms in total. The molecule has 0 aromatic heterocycles. The normalized spacial score (nSPS) is 22.6. The van der Waals surface area contributed by atoms with Crippen LogP contribution in [0.4, 0.5) is 0 Å². The van der Waals surface area contributed by atoms with Crippen molar-refractivity contribution in [2.75, 3.05) is 6.61 Å². The van der Waals surface area contributed by atoms with E-state index in [9.17, 15) is 19.7 Å². The quantitative estimate of drug-likeness (QED) is 0.124. The van der Waals surface area contributed by atoms with Crippen LogP contribution >= 0.6 is 0 Å². The molecule has 0 radical (unpaired) electrons. The largest absolute Gasteiger partial charge is 0.507 e. The second-order valence-corrected chi connectivity index (χ2v) is 12.3. The standard InChI is InChI=1S/C39H35BO6/c41-34-18-10-7-13-27(34)21-26(25-11-3-1-4-12-25)19-20-35-36-28(24-45-29-14-5-2-6-15-29)22-32-37(33(36)23-40(44)46-35)39(43)31-17-9-8-16-30(31)38(32)42/h1-18,21,32-33,35,37,41,44H,19-20,22-24H2/b26-21-/t32-,33+,35-,37-/m1/s1. The third kappa shape index (κ3) is 5.84. The first-order valence-electron chi connectivity index (χ1n) is 15.9. The molecule has 4 aromatic rings. The van der Waals surface area contributed by atoms with Gasteiger partial charge in [0, 0.05) is 28.5 Å². The lowest BCUT2D eigenvalue weighted by molar-refractivity contribution is 0.0593.